The maximum atomic E-state index is 12.6. The summed E-state index contributed by atoms with van der Waals surface area (Å²) < 4.78 is 21.6. The summed E-state index contributed by atoms with van der Waals surface area (Å²) >= 11 is 0. The number of aromatic nitrogens is 2. The Balaban J connectivity index is 1.44. The predicted molar refractivity (Wildman–Crippen MR) is 122 cm³/mol. The van der Waals surface area contributed by atoms with Gasteiger partial charge in [-0.05, 0) is 35.9 Å². The molecule has 0 aliphatic carbocycles. The molecule has 2 heterocycles. The molecule has 4 aromatic rings. The van der Waals surface area contributed by atoms with Crippen LogP contribution in [0.3, 0.4) is 0 Å². The highest BCUT2D eigenvalue weighted by Gasteiger charge is 2.12. The monoisotopic (exact) mass is 449 g/mol. The number of nitrogens with zero attached hydrogens (tertiary/aromatic N) is 1. The predicted octanol–water partition coefficient (Wildman–Crippen LogP) is 2.94. The number of carbonyl (C=O) groups is 1. The van der Waals surface area contributed by atoms with Crippen LogP contribution in [0.5, 0.6) is 17.2 Å². The summed E-state index contributed by atoms with van der Waals surface area (Å²) in [4.78, 5) is 31.5. The van der Waals surface area contributed by atoms with E-state index in [-0.39, 0.29) is 12.5 Å². The van der Waals surface area contributed by atoms with Gasteiger partial charge in [-0.1, -0.05) is 6.07 Å². The maximum absolute atomic E-state index is 12.6. The molecule has 4 rings (SSSR count). The number of fused-ring (bicyclic) bond motifs is 1. The summed E-state index contributed by atoms with van der Waals surface area (Å²) in [6, 6.07) is 12.0. The average Bonchev–Trinajstić information content (AvgIpc) is 3.35. The number of carbonyl (C=O) groups excluding carboxylic acids is 1. The molecule has 0 bridgehead atoms. The van der Waals surface area contributed by atoms with Gasteiger partial charge in [0.2, 0.25) is 0 Å². The van der Waals surface area contributed by atoms with Gasteiger partial charge < -0.3 is 28.9 Å². The number of imidazole rings is 1. The van der Waals surface area contributed by atoms with E-state index in [4.69, 9.17) is 18.6 Å². The fourth-order valence-corrected chi connectivity index (χ4v) is 3.34. The first kappa shape index (κ1) is 21.9. The van der Waals surface area contributed by atoms with Crippen molar-refractivity contribution in [3.63, 3.8) is 0 Å². The molecule has 33 heavy (non-hydrogen) atoms. The van der Waals surface area contributed by atoms with Crippen LogP contribution in [0.2, 0.25) is 0 Å². The summed E-state index contributed by atoms with van der Waals surface area (Å²) in [5.74, 6) is 1.26. The average molecular weight is 449 g/mol. The van der Waals surface area contributed by atoms with E-state index in [1.165, 1.54) is 7.11 Å². The zero-order valence-corrected chi connectivity index (χ0v) is 18.2. The van der Waals surface area contributed by atoms with Crippen molar-refractivity contribution in [2.75, 3.05) is 27.4 Å². The normalized spacial score (nSPS) is 10.7. The Morgan fingerprint density at radius 2 is 1.94 bits per heavy atom. The molecule has 0 radical (unpaired) electrons. The first-order valence-electron chi connectivity index (χ1n) is 10.2. The van der Waals surface area contributed by atoms with Gasteiger partial charge in [0.1, 0.15) is 11.3 Å². The Bertz CT molecular complexity index is 1310. The number of aromatic amines is 1. The fraction of sp³-hybridized carbons (Fsp3) is 0.208. The molecule has 9 nitrogen and oxygen atoms in total. The summed E-state index contributed by atoms with van der Waals surface area (Å²) in [6.45, 7) is 0.318. The first-order chi connectivity index (χ1) is 16.1. The number of hydrogen-bond donors (Lipinski definition) is 2. The van der Waals surface area contributed by atoms with E-state index in [9.17, 15) is 9.59 Å². The molecule has 0 fully saturated rings. The van der Waals surface area contributed by atoms with Gasteiger partial charge in [-0.2, -0.15) is 0 Å². The van der Waals surface area contributed by atoms with Gasteiger partial charge in [0.05, 0.1) is 26.1 Å². The Morgan fingerprint density at radius 3 is 2.70 bits per heavy atom. The maximum Gasteiger partial charge on any atom is 0.344 e. The van der Waals surface area contributed by atoms with E-state index in [1.54, 1.807) is 62.1 Å². The number of amides is 1. The van der Waals surface area contributed by atoms with Gasteiger partial charge in [0, 0.05) is 36.3 Å². The summed E-state index contributed by atoms with van der Waals surface area (Å²) in [7, 11) is 3.08. The van der Waals surface area contributed by atoms with Crippen molar-refractivity contribution in [1.82, 2.24) is 15.3 Å². The van der Waals surface area contributed by atoms with E-state index in [1.807, 2.05) is 0 Å². The third-order valence-electron chi connectivity index (χ3n) is 5.04. The van der Waals surface area contributed by atoms with E-state index in [0.717, 1.165) is 11.1 Å². The smallest absolute Gasteiger partial charge is 0.344 e. The van der Waals surface area contributed by atoms with E-state index in [2.05, 4.69) is 15.3 Å². The standard InChI is InChI=1S/C24H23N3O6/c1-30-20-6-4-15(10-22(20)31-2)19-9-16-3-5-18(11-21(16)33-24(19)29)32-13-23(28)26-8-7-17-12-25-14-27-17/h3-6,9-12,14H,7-8,13H2,1-2H3,(H,25,27)(H,26,28). The molecule has 1 amide bonds. The molecule has 170 valence electrons. The minimum absolute atomic E-state index is 0.150. The number of rotatable bonds is 9. The topological polar surface area (TPSA) is 116 Å². The largest absolute Gasteiger partial charge is 0.493 e. The molecule has 0 aliphatic heterocycles. The Kier molecular flexibility index (Phi) is 6.58. The van der Waals surface area contributed by atoms with Crippen molar-refractivity contribution in [2.24, 2.45) is 0 Å². The lowest BCUT2D eigenvalue weighted by atomic mass is 10.1. The lowest BCUT2D eigenvalue weighted by molar-refractivity contribution is -0.123. The van der Waals surface area contributed by atoms with E-state index in [0.29, 0.717) is 46.9 Å². The molecule has 2 aromatic carbocycles. The molecule has 0 aliphatic rings. The molecule has 0 saturated carbocycles. The van der Waals surface area contributed by atoms with Crippen LogP contribution in [0.1, 0.15) is 5.69 Å². The van der Waals surface area contributed by atoms with Crippen molar-refractivity contribution < 1.29 is 23.4 Å². The third kappa shape index (κ3) is 5.15. The fourth-order valence-electron chi connectivity index (χ4n) is 3.34. The second kappa shape index (κ2) is 9.90. The highest BCUT2D eigenvalue weighted by molar-refractivity contribution is 5.83. The summed E-state index contributed by atoms with van der Waals surface area (Å²) in [6.07, 6.45) is 3.95. The molecule has 2 aromatic heterocycles. The van der Waals surface area contributed by atoms with Crippen molar-refractivity contribution in [3.8, 4) is 28.4 Å². The minimum Gasteiger partial charge on any atom is -0.493 e. The van der Waals surface area contributed by atoms with Crippen LogP contribution in [0.4, 0.5) is 0 Å². The van der Waals surface area contributed by atoms with Crippen molar-refractivity contribution in [2.45, 2.75) is 6.42 Å². The Labute approximate surface area is 189 Å². The van der Waals surface area contributed by atoms with Crippen LogP contribution in [0.15, 0.2) is 64.2 Å². The summed E-state index contributed by atoms with van der Waals surface area (Å²) in [5, 5.41) is 3.49. The lowest BCUT2D eigenvalue weighted by Crippen LogP contribution is -2.30. The summed E-state index contributed by atoms with van der Waals surface area (Å²) in [5.41, 5.74) is 1.85. The number of H-pyrrole nitrogens is 1. The van der Waals surface area contributed by atoms with Gasteiger partial charge in [0.25, 0.3) is 5.91 Å². The first-order valence-corrected chi connectivity index (χ1v) is 10.2. The zero-order chi connectivity index (χ0) is 23.2. The molecule has 9 heteroatoms. The zero-order valence-electron chi connectivity index (χ0n) is 18.2. The third-order valence-corrected chi connectivity index (χ3v) is 5.04. The highest BCUT2D eigenvalue weighted by atomic mass is 16.5. The lowest BCUT2D eigenvalue weighted by Gasteiger charge is -2.10. The number of hydrogen-bond acceptors (Lipinski definition) is 7. The number of ether oxygens (including phenoxy) is 3. The number of nitrogens with one attached hydrogen (secondary N) is 2. The Hall–Kier alpha value is -4.27. The molecular formula is C24H23N3O6. The van der Waals surface area contributed by atoms with Crippen LogP contribution < -0.4 is 25.2 Å². The number of methoxy groups -OCH3 is 2. The SMILES string of the molecule is COc1ccc(-c2cc3ccc(OCC(=O)NCCc4cnc[nH]4)cc3oc2=O)cc1OC. The van der Waals surface area contributed by atoms with Gasteiger partial charge in [0.15, 0.2) is 18.1 Å². The molecule has 0 unspecified atom stereocenters. The van der Waals surface area contributed by atoms with Crippen LogP contribution in [-0.2, 0) is 11.2 Å². The van der Waals surface area contributed by atoms with Gasteiger partial charge in [-0.3, -0.25) is 4.79 Å². The molecule has 0 spiro atoms. The molecular weight excluding hydrogens is 426 g/mol. The second-order valence-electron chi connectivity index (χ2n) is 7.18. The van der Waals surface area contributed by atoms with Crippen molar-refractivity contribution in [1.29, 1.82) is 0 Å². The molecule has 2 N–H and O–H groups in total. The molecule has 0 atom stereocenters. The molecule has 0 saturated heterocycles. The Morgan fingerprint density at radius 1 is 1.09 bits per heavy atom. The van der Waals surface area contributed by atoms with E-state index >= 15 is 0 Å². The minimum atomic E-state index is -0.497. The van der Waals surface area contributed by atoms with Gasteiger partial charge >= 0.3 is 5.63 Å². The van der Waals surface area contributed by atoms with E-state index < -0.39 is 5.63 Å². The van der Waals surface area contributed by atoms with Gasteiger partial charge in [-0.15, -0.1) is 0 Å². The number of benzene rings is 2. The van der Waals surface area contributed by atoms with Crippen LogP contribution in [0.25, 0.3) is 22.1 Å². The van der Waals surface area contributed by atoms with Crippen LogP contribution in [0, 0.1) is 0 Å². The highest BCUT2D eigenvalue weighted by Crippen LogP contribution is 2.32. The quantitative estimate of drug-likeness (QED) is 0.378. The second-order valence-corrected chi connectivity index (χ2v) is 7.18. The van der Waals surface area contributed by atoms with Crippen molar-refractivity contribution >= 4 is 16.9 Å². The van der Waals surface area contributed by atoms with Gasteiger partial charge in [-0.25, -0.2) is 9.78 Å². The van der Waals surface area contributed by atoms with Crippen molar-refractivity contribution in [3.05, 3.63) is 71.1 Å². The van der Waals surface area contributed by atoms with Crippen LogP contribution in [-0.4, -0.2) is 43.2 Å². The van der Waals surface area contributed by atoms with Crippen LogP contribution >= 0.6 is 0 Å².